The van der Waals surface area contributed by atoms with Gasteiger partial charge in [-0.2, -0.15) is 0 Å². The monoisotopic (exact) mass is 134 g/mol. The summed E-state index contributed by atoms with van der Waals surface area (Å²) in [7, 11) is 2.60. The lowest BCUT2D eigenvalue weighted by Crippen LogP contribution is -2.17. The molecule has 2 N–H and O–H groups in total. The summed E-state index contributed by atoms with van der Waals surface area (Å²) in [6.07, 6.45) is 0.507. The largest absolute Gasteiger partial charge is 0.390 e. The van der Waals surface area contributed by atoms with E-state index in [2.05, 4.69) is 9.24 Å². The first kappa shape index (κ1) is 6.47. The minimum absolute atomic E-state index is 0.417. The van der Waals surface area contributed by atoms with Gasteiger partial charge in [-0.1, -0.05) is 0 Å². The topological polar surface area (TPSA) is 40.5 Å². The van der Waals surface area contributed by atoms with Crippen LogP contribution in [-0.4, -0.2) is 28.1 Å². The van der Waals surface area contributed by atoms with Crippen LogP contribution in [0.2, 0.25) is 0 Å². The summed E-state index contributed by atoms with van der Waals surface area (Å²) < 4.78 is 0. The van der Waals surface area contributed by atoms with Crippen molar-refractivity contribution in [3.05, 3.63) is 0 Å². The van der Waals surface area contributed by atoms with Gasteiger partial charge in [-0.05, 0) is 18.5 Å². The molecular weight excluding hydrogens is 123 g/mol. The summed E-state index contributed by atoms with van der Waals surface area (Å²) in [6.45, 7) is 0. The summed E-state index contributed by atoms with van der Waals surface area (Å²) in [4.78, 5) is 0. The molecule has 0 aromatic heterocycles. The molecule has 0 aliphatic heterocycles. The molecule has 0 aromatic carbocycles. The maximum atomic E-state index is 8.90. The minimum Gasteiger partial charge on any atom is -0.390 e. The second-order valence-electron chi connectivity index (χ2n) is 2.37. The molecule has 8 heavy (non-hydrogen) atoms. The molecular formula is C5H11O2P. The Bertz CT molecular complexity index is 76.5. The fourth-order valence-electron chi connectivity index (χ4n) is 1.03. The number of hydrogen-bond donors (Lipinski definition) is 2. The predicted molar refractivity (Wildman–Crippen MR) is 34.7 cm³/mol. The average Bonchev–Trinajstić information content (AvgIpc) is 1.85. The van der Waals surface area contributed by atoms with Crippen molar-refractivity contribution in [3.63, 3.8) is 0 Å². The average molecular weight is 134 g/mol. The highest BCUT2D eigenvalue weighted by Crippen LogP contribution is 2.25. The van der Waals surface area contributed by atoms with Gasteiger partial charge in [0.2, 0.25) is 0 Å². The number of hydrogen-bond acceptors (Lipinski definition) is 2. The Morgan fingerprint density at radius 1 is 1.12 bits per heavy atom. The van der Waals surface area contributed by atoms with E-state index in [0.29, 0.717) is 5.66 Å². The Morgan fingerprint density at radius 2 is 1.50 bits per heavy atom. The maximum absolute atomic E-state index is 8.90. The molecule has 0 spiro atoms. The SMILES string of the molecule is OC1CC(P)CC1O. The Morgan fingerprint density at radius 3 is 1.62 bits per heavy atom. The molecule has 48 valence electrons. The molecule has 0 heterocycles. The van der Waals surface area contributed by atoms with Gasteiger partial charge in [0, 0.05) is 0 Å². The van der Waals surface area contributed by atoms with Gasteiger partial charge in [0.25, 0.3) is 0 Å². The van der Waals surface area contributed by atoms with Crippen LogP contribution in [0, 0.1) is 0 Å². The van der Waals surface area contributed by atoms with Gasteiger partial charge in [0.15, 0.2) is 0 Å². The lowest BCUT2D eigenvalue weighted by Gasteiger charge is -2.03. The fraction of sp³-hybridized carbons (Fsp3) is 1.00. The molecule has 2 nitrogen and oxygen atoms in total. The zero-order valence-corrected chi connectivity index (χ0v) is 5.77. The van der Waals surface area contributed by atoms with Gasteiger partial charge in [-0.25, -0.2) is 0 Å². The van der Waals surface area contributed by atoms with Crippen LogP contribution < -0.4 is 0 Å². The van der Waals surface area contributed by atoms with Crippen LogP contribution in [0.3, 0.4) is 0 Å². The van der Waals surface area contributed by atoms with Crippen molar-refractivity contribution in [1.29, 1.82) is 0 Å². The van der Waals surface area contributed by atoms with Crippen LogP contribution in [0.15, 0.2) is 0 Å². The molecule has 0 saturated heterocycles. The van der Waals surface area contributed by atoms with E-state index in [0.717, 1.165) is 12.8 Å². The lowest BCUT2D eigenvalue weighted by atomic mass is 10.3. The van der Waals surface area contributed by atoms with Gasteiger partial charge >= 0.3 is 0 Å². The normalized spacial score (nSPS) is 47.6. The van der Waals surface area contributed by atoms with E-state index >= 15 is 0 Å². The van der Waals surface area contributed by atoms with E-state index in [4.69, 9.17) is 10.2 Å². The van der Waals surface area contributed by atoms with E-state index in [1.165, 1.54) is 0 Å². The van der Waals surface area contributed by atoms with Crippen molar-refractivity contribution in [3.8, 4) is 0 Å². The molecule has 3 unspecified atom stereocenters. The quantitative estimate of drug-likeness (QED) is 0.448. The van der Waals surface area contributed by atoms with E-state index < -0.39 is 12.2 Å². The van der Waals surface area contributed by atoms with Crippen molar-refractivity contribution in [1.82, 2.24) is 0 Å². The zero-order chi connectivity index (χ0) is 6.15. The van der Waals surface area contributed by atoms with Crippen LogP contribution >= 0.6 is 9.24 Å². The molecule has 1 rings (SSSR count). The molecule has 0 bridgehead atoms. The Kier molecular flexibility index (Phi) is 1.86. The van der Waals surface area contributed by atoms with Gasteiger partial charge in [-0.15, -0.1) is 9.24 Å². The minimum atomic E-state index is -0.475. The molecule has 1 fully saturated rings. The van der Waals surface area contributed by atoms with Crippen LogP contribution in [-0.2, 0) is 0 Å². The smallest absolute Gasteiger partial charge is 0.0805 e. The number of aliphatic hydroxyl groups is 2. The molecule has 1 saturated carbocycles. The Balaban J connectivity index is 2.39. The van der Waals surface area contributed by atoms with Gasteiger partial charge in [0.05, 0.1) is 12.2 Å². The van der Waals surface area contributed by atoms with Crippen LogP contribution in [0.1, 0.15) is 12.8 Å². The Hall–Kier alpha value is 0.350. The molecule has 0 radical (unpaired) electrons. The third-order valence-corrected chi connectivity index (χ3v) is 2.08. The molecule has 3 atom stereocenters. The predicted octanol–water partition coefficient (Wildman–Crippen LogP) is -0.254. The lowest BCUT2D eigenvalue weighted by molar-refractivity contribution is 0.0438. The standard InChI is InChI=1S/C5H11O2P/c6-4-1-3(8)2-5(4)7/h3-7H,1-2,8H2. The van der Waals surface area contributed by atoms with E-state index in [-0.39, 0.29) is 0 Å². The third kappa shape index (κ3) is 1.19. The first-order valence-electron chi connectivity index (χ1n) is 2.82. The first-order valence-corrected chi connectivity index (χ1v) is 3.48. The first-order chi connectivity index (χ1) is 3.70. The second kappa shape index (κ2) is 2.30. The van der Waals surface area contributed by atoms with Crippen molar-refractivity contribution in [2.45, 2.75) is 30.7 Å². The second-order valence-corrected chi connectivity index (χ2v) is 3.31. The summed E-state index contributed by atoms with van der Waals surface area (Å²) in [5, 5.41) is 17.8. The van der Waals surface area contributed by atoms with Crippen molar-refractivity contribution < 1.29 is 10.2 Å². The number of aliphatic hydroxyl groups excluding tert-OH is 2. The highest BCUT2D eigenvalue weighted by Gasteiger charge is 2.28. The molecule has 0 amide bonds. The molecule has 1 aliphatic carbocycles. The fourth-order valence-corrected chi connectivity index (χ4v) is 1.59. The summed E-state index contributed by atoms with van der Waals surface area (Å²) in [5.41, 5.74) is 0.417. The van der Waals surface area contributed by atoms with E-state index in [1.54, 1.807) is 0 Å². The summed E-state index contributed by atoms with van der Waals surface area (Å²) in [6, 6.07) is 0. The van der Waals surface area contributed by atoms with Crippen LogP contribution in [0.5, 0.6) is 0 Å². The van der Waals surface area contributed by atoms with Crippen LogP contribution in [0.4, 0.5) is 0 Å². The maximum Gasteiger partial charge on any atom is 0.0805 e. The van der Waals surface area contributed by atoms with Gasteiger partial charge < -0.3 is 10.2 Å². The molecule has 3 heteroatoms. The molecule has 0 aromatic rings. The van der Waals surface area contributed by atoms with Gasteiger partial charge in [0.1, 0.15) is 0 Å². The van der Waals surface area contributed by atoms with Crippen molar-refractivity contribution in [2.75, 3.05) is 0 Å². The highest BCUT2D eigenvalue weighted by atomic mass is 31.0. The third-order valence-electron chi connectivity index (χ3n) is 1.53. The summed E-state index contributed by atoms with van der Waals surface area (Å²) in [5.74, 6) is 0. The van der Waals surface area contributed by atoms with Gasteiger partial charge in [-0.3, -0.25) is 0 Å². The molecule has 1 aliphatic rings. The van der Waals surface area contributed by atoms with E-state index in [1.807, 2.05) is 0 Å². The van der Waals surface area contributed by atoms with Crippen LogP contribution in [0.25, 0.3) is 0 Å². The van der Waals surface area contributed by atoms with Crippen molar-refractivity contribution in [2.24, 2.45) is 0 Å². The zero-order valence-electron chi connectivity index (χ0n) is 4.62. The summed E-state index contributed by atoms with van der Waals surface area (Å²) >= 11 is 0. The highest BCUT2D eigenvalue weighted by molar-refractivity contribution is 7.17. The number of rotatable bonds is 0. The Labute approximate surface area is 51.1 Å². The van der Waals surface area contributed by atoms with E-state index in [9.17, 15) is 0 Å². The van der Waals surface area contributed by atoms with Crippen molar-refractivity contribution >= 4 is 9.24 Å².